The Bertz CT molecular complexity index is 315. The molecule has 0 heterocycles. The zero-order chi connectivity index (χ0) is 9.30. The lowest BCUT2D eigenvalue weighted by atomic mass is 10.1. The van der Waals surface area contributed by atoms with Gasteiger partial charge in [-0.3, -0.25) is 4.79 Å². The highest BCUT2D eigenvalue weighted by atomic mass is 127. The van der Waals surface area contributed by atoms with Crippen molar-refractivity contribution in [3.63, 3.8) is 0 Å². The smallest absolute Gasteiger partial charge is 0.163 e. The summed E-state index contributed by atoms with van der Waals surface area (Å²) < 4.78 is 14.4. The van der Waals surface area contributed by atoms with Crippen LogP contribution in [0.15, 0.2) is 16.6 Å². The molecule has 0 amide bonds. The fourth-order valence-corrected chi connectivity index (χ4v) is 2.61. The first-order valence-electron chi connectivity index (χ1n) is 3.18. The number of ketones is 1. The van der Waals surface area contributed by atoms with E-state index in [1.54, 1.807) is 6.07 Å². The topological polar surface area (TPSA) is 17.1 Å². The fourth-order valence-electron chi connectivity index (χ4n) is 0.879. The van der Waals surface area contributed by atoms with Gasteiger partial charge in [0.1, 0.15) is 5.82 Å². The second kappa shape index (κ2) is 3.83. The molecular weight excluding hydrogens is 338 g/mol. The molecule has 64 valence electrons. The third kappa shape index (κ3) is 2.04. The molecule has 12 heavy (non-hydrogen) atoms. The van der Waals surface area contributed by atoms with Crippen LogP contribution in [0.25, 0.3) is 0 Å². The van der Waals surface area contributed by atoms with Crippen molar-refractivity contribution in [2.45, 2.75) is 6.92 Å². The Balaban J connectivity index is 3.38. The lowest BCUT2D eigenvalue weighted by Crippen LogP contribution is -1.98. The Kier molecular flexibility index (Phi) is 3.22. The van der Waals surface area contributed by atoms with Crippen molar-refractivity contribution in [2.75, 3.05) is 0 Å². The predicted octanol–water partition coefficient (Wildman–Crippen LogP) is 3.40. The second-order valence-electron chi connectivity index (χ2n) is 2.30. The predicted molar refractivity (Wildman–Crippen MR) is 56.8 cm³/mol. The standard InChI is InChI=1S/C8H5BrFIO/c1-4(12)8-6(9)2-5(11)3-7(8)10/h2-3H,1H3. The molecule has 1 rings (SSSR count). The lowest BCUT2D eigenvalue weighted by Gasteiger charge is -2.02. The van der Waals surface area contributed by atoms with Crippen molar-refractivity contribution in [1.82, 2.24) is 0 Å². The van der Waals surface area contributed by atoms with E-state index in [1.165, 1.54) is 13.0 Å². The van der Waals surface area contributed by atoms with Crippen LogP contribution in [-0.2, 0) is 0 Å². The Morgan fingerprint density at radius 2 is 2.17 bits per heavy atom. The van der Waals surface area contributed by atoms with Crippen molar-refractivity contribution in [3.05, 3.63) is 31.6 Å². The summed E-state index contributed by atoms with van der Waals surface area (Å²) in [6, 6.07) is 3.04. The summed E-state index contributed by atoms with van der Waals surface area (Å²) in [7, 11) is 0. The molecule has 0 saturated carbocycles. The van der Waals surface area contributed by atoms with Gasteiger partial charge in [-0.25, -0.2) is 4.39 Å². The van der Waals surface area contributed by atoms with Gasteiger partial charge in [-0.15, -0.1) is 0 Å². The second-order valence-corrected chi connectivity index (χ2v) is 4.40. The summed E-state index contributed by atoms with van der Waals surface area (Å²) in [5.74, 6) is -0.739. The minimum Gasteiger partial charge on any atom is -0.294 e. The van der Waals surface area contributed by atoms with Crippen molar-refractivity contribution >= 4 is 44.3 Å². The average Bonchev–Trinajstić information content (AvgIpc) is 1.82. The highest BCUT2D eigenvalue weighted by Gasteiger charge is 2.12. The van der Waals surface area contributed by atoms with Crippen LogP contribution >= 0.6 is 38.5 Å². The van der Waals surface area contributed by atoms with Gasteiger partial charge in [-0.05, 0) is 57.6 Å². The van der Waals surface area contributed by atoms with Gasteiger partial charge in [0.05, 0.1) is 5.56 Å². The molecule has 0 aliphatic carbocycles. The number of carbonyl (C=O) groups is 1. The Labute approximate surface area is 91.6 Å². The number of Topliss-reactive ketones (excluding diaryl/α,β-unsaturated/α-hetero) is 1. The van der Waals surface area contributed by atoms with Gasteiger partial charge in [0, 0.05) is 8.04 Å². The van der Waals surface area contributed by atoms with Gasteiger partial charge in [0.2, 0.25) is 0 Å². The van der Waals surface area contributed by atoms with E-state index in [0.29, 0.717) is 4.47 Å². The summed E-state index contributed by atoms with van der Waals surface area (Å²) in [4.78, 5) is 10.9. The van der Waals surface area contributed by atoms with Crippen LogP contribution in [0.3, 0.4) is 0 Å². The van der Waals surface area contributed by atoms with Gasteiger partial charge in [0.15, 0.2) is 5.78 Å². The number of rotatable bonds is 1. The van der Waals surface area contributed by atoms with Crippen LogP contribution in [-0.4, -0.2) is 5.78 Å². The Morgan fingerprint density at radius 3 is 2.58 bits per heavy atom. The molecule has 4 heteroatoms. The third-order valence-electron chi connectivity index (χ3n) is 1.36. The Hall–Kier alpha value is 0.0300. The summed E-state index contributed by atoms with van der Waals surface area (Å²) in [5.41, 5.74) is 0.121. The molecule has 0 aliphatic rings. The van der Waals surface area contributed by atoms with Gasteiger partial charge >= 0.3 is 0 Å². The average molecular weight is 343 g/mol. The van der Waals surface area contributed by atoms with Crippen LogP contribution in [0.2, 0.25) is 0 Å². The highest BCUT2D eigenvalue weighted by molar-refractivity contribution is 14.1. The molecule has 1 aromatic rings. The van der Waals surface area contributed by atoms with E-state index < -0.39 is 5.82 Å². The van der Waals surface area contributed by atoms with Crippen molar-refractivity contribution in [3.8, 4) is 0 Å². The van der Waals surface area contributed by atoms with E-state index in [-0.39, 0.29) is 11.3 Å². The molecule has 0 aromatic heterocycles. The molecule has 0 atom stereocenters. The normalized spacial score (nSPS) is 10.0. The monoisotopic (exact) mass is 342 g/mol. The number of hydrogen-bond acceptors (Lipinski definition) is 1. The number of hydrogen-bond donors (Lipinski definition) is 0. The maximum atomic E-state index is 13.1. The molecule has 0 fully saturated rings. The van der Waals surface area contributed by atoms with E-state index >= 15 is 0 Å². The molecular formula is C8H5BrFIO. The lowest BCUT2D eigenvalue weighted by molar-refractivity contribution is 0.101. The maximum absolute atomic E-state index is 13.1. The minimum absolute atomic E-state index is 0.121. The van der Waals surface area contributed by atoms with Crippen molar-refractivity contribution < 1.29 is 9.18 Å². The van der Waals surface area contributed by atoms with E-state index in [4.69, 9.17) is 0 Å². The van der Waals surface area contributed by atoms with Crippen LogP contribution < -0.4 is 0 Å². The molecule has 0 bridgehead atoms. The van der Waals surface area contributed by atoms with Crippen LogP contribution in [0.5, 0.6) is 0 Å². The molecule has 1 aromatic carbocycles. The Morgan fingerprint density at radius 1 is 1.58 bits per heavy atom. The molecule has 0 N–H and O–H groups in total. The third-order valence-corrected chi connectivity index (χ3v) is 2.61. The van der Waals surface area contributed by atoms with Crippen molar-refractivity contribution in [2.24, 2.45) is 0 Å². The first kappa shape index (κ1) is 10.1. The fraction of sp³-hybridized carbons (Fsp3) is 0.125. The molecule has 0 spiro atoms. The molecule has 0 aliphatic heterocycles. The first-order chi connectivity index (χ1) is 5.52. The van der Waals surface area contributed by atoms with Crippen LogP contribution in [0.1, 0.15) is 17.3 Å². The van der Waals surface area contributed by atoms with Crippen LogP contribution in [0.4, 0.5) is 4.39 Å². The molecule has 0 unspecified atom stereocenters. The van der Waals surface area contributed by atoms with Gasteiger partial charge < -0.3 is 0 Å². The zero-order valence-corrected chi connectivity index (χ0v) is 9.94. The number of carbonyl (C=O) groups excluding carboxylic acids is 1. The first-order valence-corrected chi connectivity index (χ1v) is 5.05. The van der Waals surface area contributed by atoms with E-state index in [0.717, 1.165) is 3.57 Å². The largest absolute Gasteiger partial charge is 0.294 e. The van der Waals surface area contributed by atoms with Gasteiger partial charge in [-0.2, -0.15) is 0 Å². The van der Waals surface area contributed by atoms with E-state index in [2.05, 4.69) is 15.9 Å². The summed E-state index contributed by atoms with van der Waals surface area (Å²) in [6.07, 6.45) is 0. The van der Waals surface area contributed by atoms with Crippen LogP contribution in [0, 0.1) is 9.39 Å². The minimum atomic E-state index is -0.471. The van der Waals surface area contributed by atoms with E-state index in [9.17, 15) is 9.18 Å². The molecule has 0 radical (unpaired) electrons. The number of benzene rings is 1. The summed E-state index contributed by atoms with van der Waals surface area (Å²) in [6.45, 7) is 1.34. The molecule has 0 saturated heterocycles. The van der Waals surface area contributed by atoms with Gasteiger partial charge in [-0.1, -0.05) is 0 Å². The van der Waals surface area contributed by atoms with Gasteiger partial charge in [0.25, 0.3) is 0 Å². The molecule has 1 nitrogen and oxygen atoms in total. The maximum Gasteiger partial charge on any atom is 0.163 e. The number of halogens is 3. The van der Waals surface area contributed by atoms with E-state index in [1.807, 2.05) is 22.6 Å². The quantitative estimate of drug-likeness (QED) is 0.564. The summed E-state index contributed by atoms with van der Waals surface area (Å²) >= 11 is 5.12. The highest BCUT2D eigenvalue weighted by Crippen LogP contribution is 2.23. The van der Waals surface area contributed by atoms with Crippen molar-refractivity contribution in [1.29, 1.82) is 0 Å². The summed E-state index contributed by atoms with van der Waals surface area (Å²) in [5, 5.41) is 0. The SMILES string of the molecule is CC(=O)c1c(F)cc(I)cc1Br. The zero-order valence-electron chi connectivity index (χ0n) is 6.20.